The van der Waals surface area contributed by atoms with Crippen LogP contribution in [0.2, 0.25) is 0 Å². The molecule has 0 aliphatic rings. The first-order valence-corrected chi connectivity index (χ1v) is 8.68. The molecular formula is C17H17N3O4S. The van der Waals surface area contributed by atoms with Gasteiger partial charge in [-0.25, -0.2) is 9.78 Å². The van der Waals surface area contributed by atoms with E-state index in [0.29, 0.717) is 22.2 Å². The van der Waals surface area contributed by atoms with Gasteiger partial charge in [0.25, 0.3) is 5.56 Å². The maximum atomic E-state index is 11.9. The highest BCUT2D eigenvalue weighted by Crippen LogP contribution is 2.23. The van der Waals surface area contributed by atoms with E-state index in [4.69, 9.17) is 9.47 Å². The maximum absolute atomic E-state index is 11.9. The quantitative estimate of drug-likeness (QED) is 0.479. The Morgan fingerprint density at radius 3 is 2.60 bits per heavy atom. The second kappa shape index (κ2) is 8.35. The lowest BCUT2D eigenvalue weighted by Gasteiger charge is -2.10. The van der Waals surface area contributed by atoms with Gasteiger partial charge in [0.15, 0.2) is 11.8 Å². The van der Waals surface area contributed by atoms with Crippen LogP contribution in [0.25, 0.3) is 11.3 Å². The minimum atomic E-state index is -0.478. The Morgan fingerprint density at radius 1 is 1.36 bits per heavy atom. The molecule has 0 unspecified atom stereocenters. The van der Waals surface area contributed by atoms with Crippen LogP contribution in [0, 0.1) is 11.3 Å². The first-order chi connectivity index (χ1) is 11.9. The summed E-state index contributed by atoms with van der Waals surface area (Å²) < 4.78 is 10.3. The van der Waals surface area contributed by atoms with Gasteiger partial charge in [-0.15, -0.1) is 0 Å². The number of thioether (sulfide) groups is 1. The van der Waals surface area contributed by atoms with Gasteiger partial charge in [-0.2, -0.15) is 5.26 Å². The molecule has 0 saturated heterocycles. The number of hydrogen-bond donors (Lipinski definition) is 1. The molecule has 0 radical (unpaired) electrons. The topological polar surface area (TPSA) is 105 Å². The van der Waals surface area contributed by atoms with Gasteiger partial charge in [-0.1, -0.05) is 11.8 Å². The van der Waals surface area contributed by atoms with Crippen molar-refractivity contribution in [3.05, 3.63) is 40.2 Å². The number of carbonyl (C=O) groups is 1. The van der Waals surface area contributed by atoms with Crippen LogP contribution in [0.5, 0.6) is 5.75 Å². The van der Waals surface area contributed by atoms with Crippen LogP contribution in [0.4, 0.5) is 0 Å². The van der Waals surface area contributed by atoms with Gasteiger partial charge in [0.2, 0.25) is 0 Å². The van der Waals surface area contributed by atoms with Crippen molar-refractivity contribution < 1.29 is 14.3 Å². The van der Waals surface area contributed by atoms with Crippen molar-refractivity contribution in [1.29, 1.82) is 5.26 Å². The summed E-state index contributed by atoms with van der Waals surface area (Å²) in [6.07, 6.45) is 1.58. The summed E-state index contributed by atoms with van der Waals surface area (Å²) in [5.74, 6) is 0.0182. The Hall–Kier alpha value is -2.79. The molecule has 130 valence electrons. The number of hydrogen-bond acceptors (Lipinski definition) is 7. The van der Waals surface area contributed by atoms with E-state index in [1.807, 2.05) is 6.07 Å². The lowest BCUT2D eigenvalue weighted by Crippen LogP contribution is -2.18. The van der Waals surface area contributed by atoms with Crippen LogP contribution >= 0.6 is 11.8 Å². The molecule has 1 N–H and O–H groups in total. The van der Waals surface area contributed by atoms with Crippen molar-refractivity contribution >= 4 is 17.7 Å². The zero-order valence-corrected chi connectivity index (χ0v) is 14.8. The van der Waals surface area contributed by atoms with E-state index in [1.165, 1.54) is 11.8 Å². The fraction of sp³-hybridized carbons (Fsp3) is 0.294. The number of aromatic amines is 1. The van der Waals surface area contributed by atoms with Gasteiger partial charge < -0.3 is 14.5 Å². The molecule has 0 bridgehead atoms. The molecule has 7 nitrogen and oxygen atoms in total. The van der Waals surface area contributed by atoms with Crippen molar-refractivity contribution in [3.63, 3.8) is 0 Å². The molecule has 0 atom stereocenters. The van der Waals surface area contributed by atoms with Crippen LogP contribution in [0.1, 0.15) is 19.4 Å². The van der Waals surface area contributed by atoms with Gasteiger partial charge in [0.05, 0.1) is 11.8 Å². The van der Waals surface area contributed by atoms with Gasteiger partial charge in [-0.3, -0.25) is 4.79 Å². The first kappa shape index (κ1) is 18.5. The molecule has 0 aliphatic carbocycles. The van der Waals surface area contributed by atoms with E-state index in [2.05, 4.69) is 9.97 Å². The van der Waals surface area contributed by atoms with E-state index in [0.717, 1.165) is 0 Å². The summed E-state index contributed by atoms with van der Waals surface area (Å²) in [5, 5.41) is 9.63. The number of aromatic nitrogens is 2. The van der Waals surface area contributed by atoms with Crippen molar-refractivity contribution in [1.82, 2.24) is 9.97 Å². The lowest BCUT2D eigenvalue weighted by molar-refractivity contribution is -0.149. The molecule has 0 amide bonds. The summed E-state index contributed by atoms with van der Waals surface area (Å²) in [4.78, 5) is 30.3. The Balaban J connectivity index is 2.20. The molecule has 1 aromatic carbocycles. The number of nitrogens with zero attached hydrogens (tertiary/aromatic N) is 2. The van der Waals surface area contributed by atoms with Crippen LogP contribution in [0.15, 0.2) is 34.2 Å². The highest BCUT2D eigenvalue weighted by Gasteiger charge is 2.13. The Labute approximate surface area is 149 Å². The van der Waals surface area contributed by atoms with Crippen molar-refractivity contribution in [2.75, 3.05) is 12.9 Å². The van der Waals surface area contributed by atoms with Crippen molar-refractivity contribution in [2.45, 2.75) is 25.1 Å². The van der Waals surface area contributed by atoms with E-state index in [9.17, 15) is 14.9 Å². The number of nitriles is 1. The molecule has 1 heterocycles. The molecule has 8 heteroatoms. The average molecular weight is 359 g/mol. The van der Waals surface area contributed by atoms with Gasteiger partial charge in [-0.05, 0) is 44.4 Å². The SMILES string of the molecule is CSc1nc(-c2ccc(OCC(=O)OC(C)C)cc2)c(C#N)c(=O)[nH]1. The Bertz CT molecular complexity index is 854. The Morgan fingerprint density at radius 2 is 2.04 bits per heavy atom. The van der Waals surface area contributed by atoms with Gasteiger partial charge in [0, 0.05) is 5.56 Å². The maximum Gasteiger partial charge on any atom is 0.344 e. The van der Waals surface area contributed by atoms with Gasteiger partial charge in [0.1, 0.15) is 17.4 Å². The van der Waals surface area contributed by atoms with E-state index in [1.54, 1.807) is 44.4 Å². The second-order valence-corrected chi connectivity index (χ2v) is 6.06. The van der Waals surface area contributed by atoms with Crippen molar-refractivity contribution in [3.8, 4) is 23.1 Å². The largest absolute Gasteiger partial charge is 0.482 e. The number of carbonyl (C=O) groups excluding carboxylic acids is 1. The third-order valence-corrected chi connectivity index (χ3v) is 3.63. The van der Waals surface area contributed by atoms with Crippen molar-refractivity contribution in [2.24, 2.45) is 0 Å². The molecule has 0 fully saturated rings. The minimum Gasteiger partial charge on any atom is -0.482 e. The number of benzene rings is 1. The molecule has 0 spiro atoms. The molecule has 1 aromatic heterocycles. The summed E-state index contributed by atoms with van der Waals surface area (Å²) in [6, 6.07) is 8.51. The normalized spacial score (nSPS) is 10.4. The highest BCUT2D eigenvalue weighted by molar-refractivity contribution is 7.98. The molecular weight excluding hydrogens is 342 g/mol. The minimum absolute atomic E-state index is 0.0491. The van der Waals surface area contributed by atoms with Crippen LogP contribution in [-0.2, 0) is 9.53 Å². The van der Waals surface area contributed by atoms with E-state index >= 15 is 0 Å². The number of esters is 1. The number of rotatable bonds is 6. The summed E-state index contributed by atoms with van der Waals surface area (Å²) in [6.45, 7) is 3.33. The summed E-state index contributed by atoms with van der Waals surface area (Å²) in [7, 11) is 0. The average Bonchev–Trinajstić information content (AvgIpc) is 2.59. The Kier molecular flexibility index (Phi) is 6.19. The third kappa shape index (κ3) is 4.84. The number of H-pyrrole nitrogens is 1. The van der Waals surface area contributed by atoms with Crippen LogP contribution < -0.4 is 10.3 Å². The molecule has 2 aromatic rings. The highest BCUT2D eigenvalue weighted by atomic mass is 32.2. The van der Waals surface area contributed by atoms with E-state index in [-0.39, 0.29) is 18.3 Å². The molecule has 0 aliphatic heterocycles. The fourth-order valence-corrected chi connectivity index (χ4v) is 2.39. The van der Waals surface area contributed by atoms with Crippen LogP contribution in [0.3, 0.4) is 0 Å². The van der Waals surface area contributed by atoms with Crippen LogP contribution in [-0.4, -0.2) is 34.9 Å². The molecule has 0 saturated carbocycles. The lowest BCUT2D eigenvalue weighted by atomic mass is 10.1. The summed E-state index contributed by atoms with van der Waals surface area (Å²) >= 11 is 1.28. The second-order valence-electron chi connectivity index (χ2n) is 5.26. The number of ether oxygens (including phenoxy) is 2. The predicted molar refractivity (Wildman–Crippen MR) is 93.5 cm³/mol. The smallest absolute Gasteiger partial charge is 0.344 e. The predicted octanol–water partition coefficient (Wildman–Crippen LogP) is 2.36. The summed E-state index contributed by atoms with van der Waals surface area (Å²) in [5.41, 5.74) is 0.386. The fourth-order valence-electron chi connectivity index (χ4n) is 2.01. The zero-order chi connectivity index (χ0) is 18.4. The third-order valence-electron chi connectivity index (χ3n) is 3.05. The zero-order valence-electron chi connectivity index (χ0n) is 14.0. The number of nitrogens with one attached hydrogen (secondary N) is 1. The standard InChI is InChI=1S/C17H17N3O4S/c1-10(2)24-14(21)9-23-12-6-4-11(5-7-12)15-13(8-18)16(22)20-17(19-15)25-3/h4-7,10H,9H2,1-3H3,(H,19,20,22). The van der Waals surface area contributed by atoms with Gasteiger partial charge >= 0.3 is 5.97 Å². The monoisotopic (exact) mass is 359 g/mol. The first-order valence-electron chi connectivity index (χ1n) is 7.45. The molecule has 25 heavy (non-hydrogen) atoms. The van der Waals surface area contributed by atoms with E-state index < -0.39 is 11.5 Å². The molecule has 2 rings (SSSR count).